The van der Waals surface area contributed by atoms with E-state index in [9.17, 15) is 15.2 Å². The van der Waals surface area contributed by atoms with Gasteiger partial charge in [0.05, 0.1) is 19.3 Å². The molecule has 84 valence electrons. The molecule has 1 aromatic heterocycles. The van der Waals surface area contributed by atoms with Crippen molar-refractivity contribution in [2.24, 2.45) is 0 Å². The number of rotatable bonds is 4. The first-order valence-corrected chi connectivity index (χ1v) is 4.92. The maximum Gasteiger partial charge on any atom is 0.396 e. The smallest absolute Gasteiger partial charge is 0.394 e. The fourth-order valence-electron chi connectivity index (χ4n) is 1.12. The van der Waals surface area contributed by atoms with Gasteiger partial charge in [-0.05, 0) is 25.8 Å². The molecule has 8 heteroatoms. The van der Waals surface area contributed by atoms with Gasteiger partial charge in [-0.25, -0.2) is 0 Å². The van der Waals surface area contributed by atoms with Gasteiger partial charge in [0.1, 0.15) is 0 Å². The first kappa shape index (κ1) is 12.1. The van der Waals surface area contributed by atoms with Gasteiger partial charge < -0.3 is 20.3 Å². The minimum atomic E-state index is -0.964. The Balaban J connectivity index is 3.03. The number of nitrogens with zero attached hydrogens (tertiary/aromatic N) is 3. The Morgan fingerprint density at radius 2 is 2.33 bits per heavy atom. The van der Waals surface area contributed by atoms with Crippen LogP contribution in [-0.4, -0.2) is 37.4 Å². The summed E-state index contributed by atoms with van der Waals surface area (Å²) in [6.07, 6.45) is -0.964. The first-order chi connectivity index (χ1) is 6.97. The second-order valence-electron chi connectivity index (χ2n) is 2.98. The summed E-state index contributed by atoms with van der Waals surface area (Å²) in [5.41, 5.74) is 0. The number of hydrogen-bond acceptors (Lipinski definition) is 5. The molecule has 1 rings (SSSR count). The molecular weight excluding hydrogens is 270 g/mol. The van der Waals surface area contributed by atoms with Gasteiger partial charge in [0.15, 0.2) is 4.60 Å². The first-order valence-electron chi connectivity index (χ1n) is 4.13. The number of imidazole rings is 1. The molecule has 1 atom stereocenters. The summed E-state index contributed by atoms with van der Waals surface area (Å²) in [6.45, 7) is 1.24. The van der Waals surface area contributed by atoms with E-state index in [-0.39, 0.29) is 17.0 Å². The van der Waals surface area contributed by atoms with Crippen molar-refractivity contribution >= 4 is 21.7 Å². The SMILES string of the molecule is Cc1nc([N+](=O)[O-])c(Br)n1CC(O)CO. The highest BCUT2D eigenvalue weighted by Crippen LogP contribution is 2.25. The number of aromatic nitrogens is 2. The molecule has 2 N–H and O–H groups in total. The van der Waals surface area contributed by atoms with Crippen molar-refractivity contribution < 1.29 is 15.1 Å². The van der Waals surface area contributed by atoms with Crippen molar-refractivity contribution in [1.29, 1.82) is 0 Å². The van der Waals surface area contributed by atoms with E-state index in [0.29, 0.717) is 5.82 Å². The number of aryl methyl sites for hydroxylation is 1. The summed E-state index contributed by atoms with van der Waals surface area (Å²) in [5.74, 6) is 0.110. The van der Waals surface area contributed by atoms with Crippen molar-refractivity contribution in [3.8, 4) is 0 Å². The lowest BCUT2D eigenvalue weighted by atomic mass is 10.4. The van der Waals surface area contributed by atoms with Crippen LogP contribution in [0.2, 0.25) is 0 Å². The minimum Gasteiger partial charge on any atom is -0.394 e. The lowest BCUT2D eigenvalue weighted by Gasteiger charge is -2.08. The van der Waals surface area contributed by atoms with Crippen LogP contribution in [-0.2, 0) is 6.54 Å². The monoisotopic (exact) mass is 279 g/mol. The van der Waals surface area contributed by atoms with Gasteiger partial charge in [0.25, 0.3) is 0 Å². The summed E-state index contributed by atoms with van der Waals surface area (Å²) >= 11 is 3.03. The predicted octanol–water partition coefficient (Wildman–Crippen LogP) is 0.215. The summed E-state index contributed by atoms with van der Waals surface area (Å²) in [4.78, 5) is 13.6. The average Bonchev–Trinajstić information content (AvgIpc) is 2.45. The molecule has 15 heavy (non-hydrogen) atoms. The molecule has 7 nitrogen and oxygen atoms in total. The lowest BCUT2D eigenvalue weighted by molar-refractivity contribution is -0.390. The van der Waals surface area contributed by atoms with Crippen LogP contribution in [0.25, 0.3) is 0 Å². The fraction of sp³-hybridized carbons (Fsp3) is 0.571. The Bertz CT molecular complexity index is 379. The molecule has 0 saturated heterocycles. The Morgan fingerprint density at radius 3 is 2.73 bits per heavy atom. The molecule has 1 aromatic rings. The second kappa shape index (κ2) is 4.69. The standard InChI is InChI=1S/C7H10BrN3O4/c1-4-9-7(11(14)15)6(8)10(4)2-5(13)3-12/h5,12-13H,2-3H2,1H3. The van der Waals surface area contributed by atoms with E-state index >= 15 is 0 Å². The number of hydrogen-bond donors (Lipinski definition) is 2. The highest BCUT2D eigenvalue weighted by molar-refractivity contribution is 9.10. The van der Waals surface area contributed by atoms with Crippen LogP contribution >= 0.6 is 15.9 Å². The van der Waals surface area contributed by atoms with Crippen molar-refractivity contribution in [3.05, 3.63) is 20.5 Å². The van der Waals surface area contributed by atoms with E-state index in [4.69, 9.17) is 5.11 Å². The molecule has 0 amide bonds. The van der Waals surface area contributed by atoms with Gasteiger partial charge in [-0.15, -0.1) is 0 Å². The van der Waals surface area contributed by atoms with Crippen molar-refractivity contribution in [2.75, 3.05) is 6.61 Å². The van der Waals surface area contributed by atoms with Crippen LogP contribution in [0.1, 0.15) is 5.82 Å². The summed E-state index contributed by atoms with van der Waals surface area (Å²) in [5, 5.41) is 28.4. The normalized spacial score (nSPS) is 12.8. The molecule has 0 fully saturated rings. The largest absolute Gasteiger partial charge is 0.396 e. The van der Waals surface area contributed by atoms with Crippen molar-refractivity contribution in [1.82, 2.24) is 9.55 Å². The van der Waals surface area contributed by atoms with Gasteiger partial charge in [-0.3, -0.25) is 4.57 Å². The zero-order valence-electron chi connectivity index (χ0n) is 7.92. The van der Waals surface area contributed by atoms with Gasteiger partial charge in [0.2, 0.25) is 5.82 Å². The van der Waals surface area contributed by atoms with Crippen LogP contribution in [0.15, 0.2) is 4.60 Å². The molecular formula is C7H10BrN3O4. The maximum absolute atomic E-state index is 10.5. The van der Waals surface area contributed by atoms with Crippen LogP contribution in [0.4, 0.5) is 5.82 Å². The molecule has 1 heterocycles. The molecule has 0 aliphatic rings. The molecule has 0 aliphatic heterocycles. The van der Waals surface area contributed by atoms with E-state index in [1.165, 1.54) is 4.57 Å². The number of halogens is 1. The second-order valence-corrected chi connectivity index (χ2v) is 3.73. The van der Waals surface area contributed by atoms with Crippen LogP contribution < -0.4 is 0 Å². The fourth-order valence-corrected chi connectivity index (χ4v) is 1.75. The quantitative estimate of drug-likeness (QED) is 0.606. The van der Waals surface area contributed by atoms with Crippen LogP contribution in [0.3, 0.4) is 0 Å². The van der Waals surface area contributed by atoms with E-state index in [2.05, 4.69) is 20.9 Å². The van der Waals surface area contributed by atoms with Crippen molar-refractivity contribution in [2.45, 2.75) is 19.6 Å². The lowest BCUT2D eigenvalue weighted by Crippen LogP contribution is -2.20. The van der Waals surface area contributed by atoms with Crippen LogP contribution in [0, 0.1) is 17.0 Å². The molecule has 0 radical (unpaired) electrons. The average molecular weight is 280 g/mol. The third-order valence-electron chi connectivity index (χ3n) is 1.86. The topological polar surface area (TPSA) is 101 Å². The Hall–Kier alpha value is -0.990. The van der Waals surface area contributed by atoms with Gasteiger partial charge >= 0.3 is 5.82 Å². The molecule has 1 unspecified atom stereocenters. The van der Waals surface area contributed by atoms with E-state index in [1.807, 2.05) is 0 Å². The predicted molar refractivity (Wildman–Crippen MR) is 54.4 cm³/mol. The molecule has 0 bridgehead atoms. The third kappa shape index (κ3) is 2.52. The molecule has 0 aliphatic carbocycles. The number of nitro groups is 1. The maximum atomic E-state index is 10.5. The van der Waals surface area contributed by atoms with Gasteiger partial charge in [-0.1, -0.05) is 0 Å². The Morgan fingerprint density at radius 1 is 1.73 bits per heavy atom. The van der Waals surface area contributed by atoms with Gasteiger partial charge in [0, 0.05) is 6.92 Å². The number of aliphatic hydroxyl groups excluding tert-OH is 2. The minimum absolute atomic E-state index is 0.0593. The highest BCUT2D eigenvalue weighted by Gasteiger charge is 2.24. The zero-order chi connectivity index (χ0) is 11.6. The molecule has 0 aromatic carbocycles. The summed E-state index contributed by atoms with van der Waals surface area (Å²) in [7, 11) is 0. The third-order valence-corrected chi connectivity index (χ3v) is 2.64. The van der Waals surface area contributed by atoms with Crippen molar-refractivity contribution in [3.63, 3.8) is 0 Å². The Kier molecular flexibility index (Phi) is 3.77. The van der Waals surface area contributed by atoms with Gasteiger partial charge in [-0.2, -0.15) is 0 Å². The van der Waals surface area contributed by atoms with E-state index in [0.717, 1.165) is 0 Å². The zero-order valence-corrected chi connectivity index (χ0v) is 9.51. The van der Waals surface area contributed by atoms with E-state index in [1.54, 1.807) is 6.92 Å². The van der Waals surface area contributed by atoms with Crippen LogP contribution in [0.5, 0.6) is 0 Å². The number of aliphatic hydroxyl groups is 2. The highest BCUT2D eigenvalue weighted by atomic mass is 79.9. The molecule has 0 saturated carbocycles. The Labute approximate surface area is 93.6 Å². The summed E-state index contributed by atoms with van der Waals surface area (Å²) < 4.78 is 1.62. The summed E-state index contributed by atoms with van der Waals surface area (Å²) in [6, 6.07) is 0. The molecule has 0 spiro atoms. The van der Waals surface area contributed by atoms with E-state index < -0.39 is 17.6 Å².